The zero-order valence-corrected chi connectivity index (χ0v) is 12.5. The van der Waals surface area contributed by atoms with E-state index >= 15 is 0 Å². The van der Waals surface area contributed by atoms with Gasteiger partial charge in [0.2, 0.25) is 0 Å². The van der Waals surface area contributed by atoms with Crippen LogP contribution in [0.2, 0.25) is 0 Å². The van der Waals surface area contributed by atoms with Crippen molar-refractivity contribution in [3.8, 4) is 17.1 Å². The van der Waals surface area contributed by atoms with Crippen molar-refractivity contribution in [1.82, 2.24) is 9.97 Å². The molecule has 0 fully saturated rings. The molecule has 2 aromatic rings. The van der Waals surface area contributed by atoms with Gasteiger partial charge >= 0.3 is 0 Å². The van der Waals surface area contributed by atoms with Gasteiger partial charge < -0.3 is 10.1 Å². The minimum Gasteiger partial charge on any atom is -0.493 e. The maximum Gasteiger partial charge on any atom is 0.165 e. The minimum atomic E-state index is 0.627. The van der Waals surface area contributed by atoms with Gasteiger partial charge in [-0.3, -0.25) is 0 Å². The molecule has 0 atom stereocenters. The van der Waals surface area contributed by atoms with Gasteiger partial charge in [0.1, 0.15) is 11.6 Å². The van der Waals surface area contributed by atoms with E-state index in [2.05, 4.69) is 22.2 Å². The molecule has 0 saturated carbocycles. The predicted octanol–water partition coefficient (Wildman–Crippen LogP) is 3.45. The first-order chi connectivity index (χ1) is 9.71. The third-order valence-corrected chi connectivity index (χ3v) is 3.25. The van der Waals surface area contributed by atoms with E-state index in [4.69, 9.17) is 4.74 Å². The maximum atomic E-state index is 5.67. The molecule has 0 unspecified atom stereocenters. The minimum absolute atomic E-state index is 0.627. The Labute approximate surface area is 120 Å². The Bertz CT molecular complexity index is 571. The molecule has 1 N–H and O–H groups in total. The first-order valence-corrected chi connectivity index (χ1v) is 6.98. The lowest BCUT2D eigenvalue weighted by atomic mass is 10.1. The number of aromatic nitrogens is 2. The van der Waals surface area contributed by atoms with Crippen molar-refractivity contribution in [3.05, 3.63) is 35.5 Å². The number of anilines is 1. The maximum absolute atomic E-state index is 5.67. The van der Waals surface area contributed by atoms with E-state index in [9.17, 15) is 0 Å². The molecule has 0 aliphatic carbocycles. The second kappa shape index (κ2) is 6.37. The molecule has 1 aromatic heterocycles. The highest BCUT2D eigenvalue weighted by atomic mass is 16.5. The molecule has 1 aromatic carbocycles. The van der Waals surface area contributed by atoms with Crippen LogP contribution in [0.3, 0.4) is 0 Å². The number of nitrogens with one attached hydrogen (secondary N) is 1. The summed E-state index contributed by atoms with van der Waals surface area (Å²) < 4.78 is 5.67. The third-order valence-electron chi connectivity index (χ3n) is 3.25. The van der Waals surface area contributed by atoms with Crippen LogP contribution in [-0.2, 0) is 6.42 Å². The van der Waals surface area contributed by atoms with Crippen LogP contribution in [0.4, 0.5) is 5.82 Å². The Balaban J connectivity index is 2.58. The van der Waals surface area contributed by atoms with Crippen LogP contribution < -0.4 is 10.1 Å². The zero-order chi connectivity index (χ0) is 14.5. The molecule has 2 rings (SSSR count). The van der Waals surface area contributed by atoms with Crippen molar-refractivity contribution in [2.45, 2.75) is 27.2 Å². The highest BCUT2D eigenvalue weighted by Crippen LogP contribution is 2.29. The second-order valence-corrected chi connectivity index (χ2v) is 4.50. The number of hydrogen-bond acceptors (Lipinski definition) is 4. The van der Waals surface area contributed by atoms with Crippen molar-refractivity contribution >= 4 is 5.82 Å². The summed E-state index contributed by atoms with van der Waals surface area (Å²) in [5.41, 5.74) is 3.10. The smallest absolute Gasteiger partial charge is 0.165 e. The van der Waals surface area contributed by atoms with Crippen LogP contribution >= 0.6 is 0 Å². The molecule has 0 amide bonds. The monoisotopic (exact) mass is 271 g/mol. The zero-order valence-electron chi connectivity index (χ0n) is 12.5. The van der Waals surface area contributed by atoms with Crippen LogP contribution in [0.25, 0.3) is 11.4 Å². The lowest BCUT2D eigenvalue weighted by Crippen LogP contribution is -2.05. The van der Waals surface area contributed by atoms with E-state index in [0.717, 1.165) is 34.8 Å². The van der Waals surface area contributed by atoms with Gasteiger partial charge in [0.15, 0.2) is 5.82 Å². The van der Waals surface area contributed by atoms with Crippen LogP contribution in [0.5, 0.6) is 5.75 Å². The molecule has 0 aliphatic heterocycles. The Hall–Kier alpha value is -2.10. The van der Waals surface area contributed by atoms with Gasteiger partial charge in [-0.1, -0.05) is 19.1 Å². The molecule has 20 heavy (non-hydrogen) atoms. The van der Waals surface area contributed by atoms with Crippen molar-refractivity contribution in [2.24, 2.45) is 0 Å². The van der Waals surface area contributed by atoms with Crippen molar-refractivity contribution < 1.29 is 4.74 Å². The fraction of sp³-hybridized carbons (Fsp3) is 0.375. The number of aryl methyl sites for hydroxylation is 1. The Kier molecular flexibility index (Phi) is 4.56. The number of para-hydroxylation sites is 1. The molecule has 4 heteroatoms. The summed E-state index contributed by atoms with van der Waals surface area (Å²) in [6.07, 6.45) is 0.882. The fourth-order valence-electron chi connectivity index (χ4n) is 2.20. The number of rotatable bonds is 5. The van der Waals surface area contributed by atoms with Gasteiger partial charge in [-0.05, 0) is 32.4 Å². The summed E-state index contributed by atoms with van der Waals surface area (Å²) in [5, 5.41) is 3.14. The molecule has 0 spiro atoms. The summed E-state index contributed by atoms with van der Waals surface area (Å²) in [4.78, 5) is 9.29. The van der Waals surface area contributed by atoms with Crippen molar-refractivity contribution in [1.29, 1.82) is 0 Å². The van der Waals surface area contributed by atoms with Crippen LogP contribution in [0.1, 0.15) is 25.1 Å². The standard InChI is InChI=1S/C16H21N3O/c1-5-13-11(3)15(17-4)19-16(18-13)12-9-7-8-10-14(12)20-6-2/h7-10H,5-6H2,1-4H3,(H,17,18,19). The van der Waals surface area contributed by atoms with Gasteiger partial charge in [-0.25, -0.2) is 9.97 Å². The summed E-state index contributed by atoms with van der Waals surface area (Å²) in [6, 6.07) is 7.88. The van der Waals surface area contributed by atoms with Gasteiger partial charge in [0.05, 0.1) is 12.2 Å². The Morgan fingerprint density at radius 2 is 1.90 bits per heavy atom. The Morgan fingerprint density at radius 3 is 2.55 bits per heavy atom. The third kappa shape index (κ3) is 2.74. The van der Waals surface area contributed by atoms with Gasteiger partial charge in [0.25, 0.3) is 0 Å². The number of benzene rings is 1. The topological polar surface area (TPSA) is 47.0 Å². The van der Waals surface area contributed by atoms with E-state index < -0.39 is 0 Å². The molecule has 0 bridgehead atoms. The SMILES string of the molecule is CCOc1ccccc1-c1nc(CC)c(C)c(NC)n1. The molecular weight excluding hydrogens is 250 g/mol. The molecular formula is C16H21N3O. The lowest BCUT2D eigenvalue weighted by molar-refractivity contribution is 0.341. The quantitative estimate of drug-likeness (QED) is 0.904. The first-order valence-electron chi connectivity index (χ1n) is 6.98. The average molecular weight is 271 g/mol. The van der Waals surface area contributed by atoms with Gasteiger partial charge in [-0.2, -0.15) is 0 Å². The van der Waals surface area contributed by atoms with Crippen LogP contribution in [0.15, 0.2) is 24.3 Å². The Morgan fingerprint density at radius 1 is 1.15 bits per heavy atom. The van der Waals surface area contributed by atoms with Crippen molar-refractivity contribution in [2.75, 3.05) is 19.0 Å². The van der Waals surface area contributed by atoms with E-state index in [1.54, 1.807) is 0 Å². The lowest BCUT2D eigenvalue weighted by Gasteiger charge is -2.13. The summed E-state index contributed by atoms with van der Waals surface area (Å²) in [7, 11) is 1.88. The molecule has 4 nitrogen and oxygen atoms in total. The molecule has 0 aliphatic rings. The fourth-order valence-corrected chi connectivity index (χ4v) is 2.20. The van der Waals surface area contributed by atoms with Gasteiger partial charge in [-0.15, -0.1) is 0 Å². The van der Waals surface area contributed by atoms with Crippen LogP contribution in [0, 0.1) is 6.92 Å². The number of nitrogens with zero attached hydrogens (tertiary/aromatic N) is 2. The molecule has 106 valence electrons. The van der Waals surface area contributed by atoms with E-state index in [0.29, 0.717) is 12.4 Å². The predicted molar refractivity (Wildman–Crippen MR) is 82.3 cm³/mol. The highest BCUT2D eigenvalue weighted by molar-refractivity contribution is 5.66. The number of ether oxygens (including phenoxy) is 1. The summed E-state index contributed by atoms with van der Waals surface area (Å²) in [6.45, 7) is 6.75. The first kappa shape index (κ1) is 14.3. The summed E-state index contributed by atoms with van der Waals surface area (Å²) in [5.74, 6) is 2.40. The van der Waals surface area contributed by atoms with Crippen LogP contribution in [-0.4, -0.2) is 23.6 Å². The molecule has 0 radical (unpaired) electrons. The highest BCUT2D eigenvalue weighted by Gasteiger charge is 2.13. The van der Waals surface area contributed by atoms with Gasteiger partial charge in [0, 0.05) is 18.3 Å². The normalized spacial score (nSPS) is 10.4. The van der Waals surface area contributed by atoms with E-state index in [-0.39, 0.29) is 0 Å². The van der Waals surface area contributed by atoms with E-state index in [1.165, 1.54) is 0 Å². The van der Waals surface area contributed by atoms with E-state index in [1.807, 2.05) is 45.2 Å². The van der Waals surface area contributed by atoms with Crippen molar-refractivity contribution in [3.63, 3.8) is 0 Å². The molecule has 0 saturated heterocycles. The molecule has 1 heterocycles. The summed E-state index contributed by atoms with van der Waals surface area (Å²) >= 11 is 0. The second-order valence-electron chi connectivity index (χ2n) is 4.50. The average Bonchev–Trinajstić information content (AvgIpc) is 2.48. The largest absolute Gasteiger partial charge is 0.493 e. The number of hydrogen-bond donors (Lipinski definition) is 1.